The summed E-state index contributed by atoms with van der Waals surface area (Å²) in [5.41, 5.74) is 4.16. The Morgan fingerprint density at radius 1 is 1.10 bits per heavy atom. The normalized spacial score (nSPS) is 12.4. The van der Waals surface area contributed by atoms with Gasteiger partial charge in [-0.1, -0.05) is 55.3 Å². The third-order valence-corrected chi connectivity index (χ3v) is 3.89. The van der Waals surface area contributed by atoms with Crippen molar-refractivity contribution >= 4 is 11.6 Å². The fourth-order valence-electron chi connectivity index (χ4n) is 2.33. The Bertz CT molecular complexity index is 560. The monoisotopic (exact) mass is 288 g/mol. The fourth-order valence-corrected chi connectivity index (χ4v) is 2.51. The molecule has 0 aliphatic carbocycles. The highest BCUT2D eigenvalue weighted by molar-refractivity contribution is 6.30. The molecule has 1 N–H and O–H groups in total. The van der Waals surface area contributed by atoms with E-state index < -0.39 is 6.10 Å². The van der Waals surface area contributed by atoms with Crippen LogP contribution in [0.25, 0.3) is 0 Å². The zero-order valence-electron chi connectivity index (χ0n) is 12.1. The van der Waals surface area contributed by atoms with Crippen molar-refractivity contribution < 1.29 is 5.11 Å². The molecular formula is C18H21ClO. The third-order valence-electron chi connectivity index (χ3n) is 3.65. The summed E-state index contributed by atoms with van der Waals surface area (Å²) in [6.07, 6.45) is 2.89. The van der Waals surface area contributed by atoms with Crippen LogP contribution in [-0.4, -0.2) is 5.11 Å². The van der Waals surface area contributed by atoms with Gasteiger partial charge in [0.25, 0.3) is 0 Å². The molecule has 0 saturated heterocycles. The van der Waals surface area contributed by atoms with Crippen molar-refractivity contribution in [2.75, 3.05) is 0 Å². The SMILES string of the molecule is CCCCc1ccc(C(O)c2cc(Cl)ccc2C)cc1. The Hall–Kier alpha value is -1.31. The molecule has 0 amide bonds. The van der Waals surface area contributed by atoms with Crippen molar-refractivity contribution in [3.05, 3.63) is 69.7 Å². The van der Waals surface area contributed by atoms with Gasteiger partial charge in [0.2, 0.25) is 0 Å². The predicted octanol–water partition coefficient (Wildman–Crippen LogP) is 5.07. The van der Waals surface area contributed by atoms with Crippen LogP contribution >= 0.6 is 11.6 Å². The van der Waals surface area contributed by atoms with Crippen molar-refractivity contribution in [2.45, 2.75) is 39.2 Å². The van der Waals surface area contributed by atoms with Gasteiger partial charge < -0.3 is 5.11 Å². The Morgan fingerprint density at radius 2 is 1.80 bits per heavy atom. The first-order valence-electron chi connectivity index (χ1n) is 7.14. The molecule has 1 atom stereocenters. The molecular weight excluding hydrogens is 268 g/mol. The number of unbranched alkanes of at least 4 members (excludes halogenated alkanes) is 1. The molecule has 2 aromatic rings. The zero-order chi connectivity index (χ0) is 14.5. The lowest BCUT2D eigenvalue weighted by Gasteiger charge is -2.15. The summed E-state index contributed by atoms with van der Waals surface area (Å²) in [5.74, 6) is 0. The molecule has 2 rings (SSSR count). The van der Waals surface area contributed by atoms with Gasteiger partial charge in [-0.3, -0.25) is 0 Å². The molecule has 20 heavy (non-hydrogen) atoms. The Balaban J connectivity index is 2.20. The molecule has 106 valence electrons. The van der Waals surface area contributed by atoms with Crippen molar-refractivity contribution in [3.63, 3.8) is 0 Å². The highest BCUT2D eigenvalue weighted by atomic mass is 35.5. The van der Waals surface area contributed by atoms with Crippen molar-refractivity contribution in [1.29, 1.82) is 0 Å². The van der Waals surface area contributed by atoms with E-state index in [-0.39, 0.29) is 0 Å². The van der Waals surface area contributed by atoms with Crippen molar-refractivity contribution in [3.8, 4) is 0 Å². The summed E-state index contributed by atoms with van der Waals surface area (Å²) < 4.78 is 0. The van der Waals surface area contributed by atoms with E-state index in [1.807, 2.05) is 37.3 Å². The van der Waals surface area contributed by atoms with E-state index >= 15 is 0 Å². The lowest BCUT2D eigenvalue weighted by atomic mass is 9.96. The molecule has 1 nitrogen and oxygen atoms in total. The molecule has 0 aromatic heterocycles. The van der Waals surface area contributed by atoms with Gasteiger partial charge >= 0.3 is 0 Å². The smallest absolute Gasteiger partial charge is 0.104 e. The van der Waals surface area contributed by atoms with Crippen LogP contribution in [0.15, 0.2) is 42.5 Å². The summed E-state index contributed by atoms with van der Waals surface area (Å²) in [7, 11) is 0. The van der Waals surface area contributed by atoms with Gasteiger partial charge in [-0.05, 0) is 54.2 Å². The predicted molar refractivity (Wildman–Crippen MR) is 85.3 cm³/mol. The third kappa shape index (κ3) is 3.62. The molecule has 0 heterocycles. The zero-order valence-corrected chi connectivity index (χ0v) is 12.8. The molecule has 0 aliphatic rings. The van der Waals surface area contributed by atoms with Gasteiger partial charge in [-0.15, -0.1) is 0 Å². The van der Waals surface area contributed by atoms with E-state index in [2.05, 4.69) is 19.1 Å². The first-order chi connectivity index (χ1) is 9.61. The molecule has 2 aromatic carbocycles. The first kappa shape index (κ1) is 15.1. The minimum atomic E-state index is -0.617. The number of aliphatic hydroxyl groups is 1. The molecule has 0 spiro atoms. The maximum atomic E-state index is 10.5. The van der Waals surface area contributed by atoms with Gasteiger partial charge in [-0.2, -0.15) is 0 Å². The quantitative estimate of drug-likeness (QED) is 0.814. The van der Waals surface area contributed by atoms with Crippen LogP contribution in [0.3, 0.4) is 0 Å². The van der Waals surface area contributed by atoms with Gasteiger partial charge in [0, 0.05) is 5.02 Å². The maximum absolute atomic E-state index is 10.5. The molecule has 0 bridgehead atoms. The van der Waals surface area contributed by atoms with E-state index in [9.17, 15) is 5.11 Å². The molecule has 0 radical (unpaired) electrons. The van der Waals surface area contributed by atoms with Crippen LogP contribution in [0, 0.1) is 6.92 Å². The summed E-state index contributed by atoms with van der Waals surface area (Å²) >= 11 is 6.02. The standard InChI is InChI=1S/C18H21ClO/c1-3-4-5-14-7-9-15(10-8-14)18(20)17-12-16(19)11-6-13(17)2/h6-12,18,20H,3-5H2,1-2H3. The van der Waals surface area contributed by atoms with Crippen molar-refractivity contribution in [2.24, 2.45) is 0 Å². The Labute approximate surface area is 126 Å². The van der Waals surface area contributed by atoms with Gasteiger partial charge in [0.15, 0.2) is 0 Å². The number of rotatable bonds is 5. The van der Waals surface area contributed by atoms with Crippen molar-refractivity contribution in [1.82, 2.24) is 0 Å². The number of hydrogen-bond donors (Lipinski definition) is 1. The maximum Gasteiger partial charge on any atom is 0.104 e. The highest BCUT2D eigenvalue weighted by Gasteiger charge is 2.13. The second kappa shape index (κ2) is 6.92. The second-order valence-corrected chi connectivity index (χ2v) is 5.69. The minimum Gasteiger partial charge on any atom is -0.384 e. The van der Waals surface area contributed by atoms with Gasteiger partial charge in [0.1, 0.15) is 6.10 Å². The lowest BCUT2D eigenvalue weighted by Crippen LogP contribution is -2.02. The van der Waals surface area contributed by atoms with Crippen LogP contribution in [0.4, 0.5) is 0 Å². The van der Waals surface area contributed by atoms with Crippen LogP contribution in [0.2, 0.25) is 5.02 Å². The summed E-state index contributed by atoms with van der Waals surface area (Å²) in [6, 6.07) is 13.9. The molecule has 0 saturated carbocycles. The Kier molecular flexibility index (Phi) is 5.22. The number of halogens is 1. The average Bonchev–Trinajstić information content (AvgIpc) is 2.47. The van der Waals surface area contributed by atoms with Crippen LogP contribution in [0.1, 0.15) is 48.1 Å². The number of aliphatic hydroxyl groups excluding tert-OH is 1. The second-order valence-electron chi connectivity index (χ2n) is 5.25. The van der Waals surface area contributed by atoms with Crippen LogP contribution in [-0.2, 0) is 6.42 Å². The van der Waals surface area contributed by atoms with E-state index in [1.54, 1.807) is 0 Å². The first-order valence-corrected chi connectivity index (χ1v) is 7.52. The van der Waals surface area contributed by atoms with E-state index in [0.29, 0.717) is 5.02 Å². The number of aryl methyl sites for hydroxylation is 2. The molecule has 0 fully saturated rings. The van der Waals surface area contributed by atoms with Gasteiger partial charge in [0.05, 0.1) is 0 Å². The van der Waals surface area contributed by atoms with E-state index in [0.717, 1.165) is 23.1 Å². The Morgan fingerprint density at radius 3 is 2.45 bits per heavy atom. The number of hydrogen-bond acceptors (Lipinski definition) is 1. The summed E-state index contributed by atoms with van der Waals surface area (Å²) in [5, 5.41) is 11.2. The summed E-state index contributed by atoms with van der Waals surface area (Å²) in [4.78, 5) is 0. The molecule has 0 aliphatic heterocycles. The number of benzene rings is 2. The summed E-state index contributed by atoms with van der Waals surface area (Å²) in [6.45, 7) is 4.19. The molecule has 2 heteroatoms. The average molecular weight is 289 g/mol. The highest BCUT2D eigenvalue weighted by Crippen LogP contribution is 2.27. The topological polar surface area (TPSA) is 20.2 Å². The largest absolute Gasteiger partial charge is 0.384 e. The fraction of sp³-hybridized carbons (Fsp3) is 0.333. The molecule has 1 unspecified atom stereocenters. The van der Waals surface area contributed by atoms with E-state index in [4.69, 9.17) is 11.6 Å². The van der Waals surface area contributed by atoms with Crippen LogP contribution < -0.4 is 0 Å². The lowest BCUT2D eigenvalue weighted by molar-refractivity contribution is 0.219. The van der Waals surface area contributed by atoms with Gasteiger partial charge in [-0.25, -0.2) is 0 Å². The minimum absolute atomic E-state index is 0.617. The van der Waals surface area contributed by atoms with E-state index in [1.165, 1.54) is 18.4 Å². The van der Waals surface area contributed by atoms with Crippen LogP contribution in [0.5, 0.6) is 0 Å².